The van der Waals surface area contributed by atoms with Gasteiger partial charge in [-0.05, 0) is 46.8 Å². The first kappa shape index (κ1) is 17.7. The van der Waals surface area contributed by atoms with Crippen LogP contribution in [0.4, 0.5) is 0 Å². The summed E-state index contributed by atoms with van der Waals surface area (Å²) in [6.45, 7) is 13.4. The summed E-state index contributed by atoms with van der Waals surface area (Å²) >= 11 is 0. The van der Waals surface area contributed by atoms with Crippen molar-refractivity contribution in [3.63, 3.8) is 0 Å². The lowest BCUT2D eigenvalue weighted by atomic mass is 9.79. The monoisotopic (exact) mass is 290 g/mol. The third-order valence-corrected chi connectivity index (χ3v) is 3.83. The van der Waals surface area contributed by atoms with Crippen molar-refractivity contribution in [2.45, 2.75) is 78.1 Å². The van der Waals surface area contributed by atoms with Gasteiger partial charge in [0.15, 0.2) is 0 Å². The predicted octanol–water partition coefficient (Wildman–Crippen LogP) is 5.08. The molecular weight excluding hydrogens is 260 g/mol. The highest BCUT2D eigenvalue weighted by molar-refractivity contribution is 5.66. The summed E-state index contributed by atoms with van der Waals surface area (Å²) in [6.07, 6.45) is 2.91. The first-order valence-corrected chi connectivity index (χ1v) is 7.87. The number of carboxylic acids is 1. The quantitative estimate of drug-likeness (QED) is 0.768. The number of hydrogen-bond donors (Lipinski definition) is 1. The molecular formula is C19H30O2. The van der Waals surface area contributed by atoms with E-state index >= 15 is 0 Å². The maximum Gasteiger partial charge on any atom is 0.303 e. The standard InChI is InChI=1S/C19H30O2/c1-18(2,3)15-11-14(9-7-8-10-17(20)21)12-16(13-15)19(4,5)6/h11-13H,7-10H2,1-6H3,(H,20,21). The molecule has 0 amide bonds. The number of aryl methyl sites for hydroxylation is 1. The van der Waals surface area contributed by atoms with E-state index in [9.17, 15) is 4.79 Å². The minimum Gasteiger partial charge on any atom is -0.481 e. The molecule has 118 valence electrons. The number of unbranched alkanes of at least 4 members (excludes halogenated alkanes) is 1. The first-order valence-electron chi connectivity index (χ1n) is 7.87. The van der Waals surface area contributed by atoms with Gasteiger partial charge < -0.3 is 5.11 Å². The molecule has 0 heterocycles. The summed E-state index contributed by atoms with van der Waals surface area (Å²) in [6, 6.07) is 6.90. The largest absolute Gasteiger partial charge is 0.481 e. The lowest BCUT2D eigenvalue weighted by Crippen LogP contribution is -2.17. The number of carbonyl (C=O) groups is 1. The zero-order valence-electron chi connectivity index (χ0n) is 14.4. The molecule has 0 unspecified atom stereocenters. The fraction of sp³-hybridized carbons (Fsp3) is 0.632. The van der Waals surface area contributed by atoms with Crippen LogP contribution in [0.5, 0.6) is 0 Å². The molecule has 2 heteroatoms. The molecule has 0 aliphatic rings. The lowest BCUT2D eigenvalue weighted by molar-refractivity contribution is -0.137. The Labute approximate surface area is 129 Å². The van der Waals surface area contributed by atoms with Crippen LogP contribution in [0.1, 0.15) is 77.5 Å². The van der Waals surface area contributed by atoms with E-state index in [4.69, 9.17) is 5.11 Å². The van der Waals surface area contributed by atoms with Crippen LogP contribution in [-0.4, -0.2) is 11.1 Å². The van der Waals surface area contributed by atoms with Gasteiger partial charge in [0.05, 0.1) is 0 Å². The molecule has 0 radical (unpaired) electrons. The van der Waals surface area contributed by atoms with E-state index in [-0.39, 0.29) is 17.3 Å². The summed E-state index contributed by atoms with van der Waals surface area (Å²) in [5.74, 6) is -0.700. The summed E-state index contributed by atoms with van der Waals surface area (Å²) in [4.78, 5) is 10.6. The van der Waals surface area contributed by atoms with E-state index in [0.29, 0.717) is 0 Å². The summed E-state index contributed by atoms with van der Waals surface area (Å²) < 4.78 is 0. The van der Waals surface area contributed by atoms with Crippen molar-refractivity contribution >= 4 is 5.97 Å². The van der Waals surface area contributed by atoms with E-state index in [1.165, 1.54) is 16.7 Å². The van der Waals surface area contributed by atoms with Crippen molar-refractivity contribution in [2.75, 3.05) is 0 Å². The van der Waals surface area contributed by atoms with Gasteiger partial charge in [-0.3, -0.25) is 4.79 Å². The van der Waals surface area contributed by atoms with Gasteiger partial charge in [-0.15, -0.1) is 0 Å². The normalized spacial score (nSPS) is 12.5. The molecule has 0 atom stereocenters. The highest BCUT2D eigenvalue weighted by Crippen LogP contribution is 2.30. The van der Waals surface area contributed by atoms with Gasteiger partial charge in [-0.25, -0.2) is 0 Å². The number of hydrogen-bond acceptors (Lipinski definition) is 1. The third kappa shape index (κ3) is 5.91. The van der Waals surface area contributed by atoms with Gasteiger partial charge in [0.1, 0.15) is 0 Å². The average Bonchev–Trinajstić information content (AvgIpc) is 2.32. The highest BCUT2D eigenvalue weighted by atomic mass is 16.4. The Morgan fingerprint density at radius 2 is 1.38 bits per heavy atom. The van der Waals surface area contributed by atoms with Crippen molar-refractivity contribution in [3.8, 4) is 0 Å². The maximum absolute atomic E-state index is 10.6. The molecule has 21 heavy (non-hydrogen) atoms. The molecule has 1 aromatic carbocycles. The van der Waals surface area contributed by atoms with Gasteiger partial charge in [0.25, 0.3) is 0 Å². The van der Waals surface area contributed by atoms with E-state index in [1.807, 2.05) is 0 Å². The molecule has 0 saturated heterocycles. The molecule has 0 aliphatic heterocycles. The molecule has 0 aliphatic carbocycles. The van der Waals surface area contributed by atoms with E-state index in [0.717, 1.165) is 19.3 Å². The second-order valence-electron chi connectivity index (χ2n) is 8.02. The van der Waals surface area contributed by atoms with Crippen LogP contribution in [0.2, 0.25) is 0 Å². The van der Waals surface area contributed by atoms with Gasteiger partial charge in [0, 0.05) is 6.42 Å². The number of benzene rings is 1. The second kappa shape index (κ2) is 6.64. The molecule has 1 aromatic rings. The molecule has 2 nitrogen and oxygen atoms in total. The minimum absolute atomic E-state index is 0.136. The molecule has 1 N–H and O–H groups in total. The van der Waals surface area contributed by atoms with E-state index in [2.05, 4.69) is 59.7 Å². The Morgan fingerprint density at radius 3 is 1.76 bits per heavy atom. The summed E-state index contributed by atoms with van der Waals surface area (Å²) in [7, 11) is 0. The van der Waals surface area contributed by atoms with Crippen molar-refractivity contribution in [3.05, 3.63) is 34.9 Å². The number of rotatable bonds is 5. The smallest absolute Gasteiger partial charge is 0.303 e. The Morgan fingerprint density at radius 1 is 0.905 bits per heavy atom. The molecule has 0 bridgehead atoms. The Balaban J connectivity index is 2.95. The van der Waals surface area contributed by atoms with Crippen molar-refractivity contribution < 1.29 is 9.90 Å². The number of aliphatic carboxylic acids is 1. The topological polar surface area (TPSA) is 37.3 Å². The molecule has 1 rings (SSSR count). The lowest BCUT2D eigenvalue weighted by Gasteiger charge is -2.26. The predicted molar refractivity (Wildman–Crippen MR) is 89.0 cm³/mol. The highest BCUT2D eigenvalue weighted by Gasteiger charge is 2.20. The van der Waals surface area contributed by atoms with Crippen molar-refractivity contribution in [1.82, 2.24) is 0 Å². The van der Waals surface area contributed by atoms with Crippen LogP contribution >= 0.6 is 0 Å². The Kier molecular flexibility index (Phi) is 5.61. The van der Waals surface area contributed by atoms with Crippen LogP contribution in [-0.2, 0) is 22.0 Å². The zero-order chi connectivity index (χ0) is 16.3. The fourth-order valence-electron chi connectivity index (χ4n) is 2.31. The van der Waals surface area contributed by atoms with E-state index in [1.54, 1.807) is 0 Å². The van der Waals surface area contributed by atoms with Crippen LogP contribution in [0, 0.1) is 0 Å². The van der Waals surface area contributed by atoms with Gasteiger partial charge in [-0.2, -0.15) is 0 Å². The zero-order valence-corrected chi connectivity index (χ0v) is 14.4. The van der Waals surface area contributed by atoms with Crippen molar-refractivity contribution in [2.24, 2.45) is 0 Å². The maximum atomic E-state index is 10.6. The summed E-state index contributed by atoms with van der Waals surface area (Å²) in [5, 5.41) is 8.71. The molecule has 0 aromatic heterocycles. The van der Waals surface area contributed by atoms with Crippen LogP contribution in [0.25, 0.3) is 0 Å². The van der Waals surface area contributed by atoms with Gasteiger partial charge in [-0.1, -0.05) is 59.7 Å². The summed E-state index contributed by atoms with van der Waals surface area (Å²) in [5.41, 5.74) is 4.33. The van der Waals surface area contributed by atoms with Crippen LogP contribution in [0.3, 0.4) is 0 Å². The molecule has 0 saturated carbocycles. The van der Waals surface area contributed by atoms with E-state index < -0.39 is 5.97 Å². The SMILES string of the molecule is CC(C)(C)c1cc(CCCCC(=O)O)cc(C(C)(C)C)c1. The Bertz CT molecular complexity index is 455. The fourth-order valence-corrected chi connectivity index (χ4v) is 2.31. The number of carboxylic acid groups (broad SMARTS) is 1. The van der Waals surface area contributed by atoms with Crippen molar-refractivity contribution in [1.29, 1.82) is 0 Å². The van der Waals surface area contributed by atoms with Gasteiger partial charge in [0.2, 0.25) is 0 Å². The first-order chi connectivity index (χ1) is 9.50. The second-order valence-corrected chi connectivity index (χ2v) is 8.02. The molecule has 0 fully saturated rings. The minimum atomic E-state index is -0.700. The molecule has 0 spiro atoms. The van der Waals surface area contributed by atoms with Crippen LogP contribution in [0.15, 0.2) is 18.2 Å². The average molecular weight is 290 g/mol. The Hall–Kier alpha value is -1.31. The van der Waals surface area contributed by atoms with Gasteiger partial charge >= 0.3 is 5.97 Å². The third-order valence-electron chi connectivity index (χ3n) is 3.83. The van der Waals surface area contributed by atoms with Crippen LogP contribution < -0.4 is 0 Å².